The highest BCUT2D eigenvalue weighted by Crippen LogP contribution is 2.47. The van der Waals surface area contributed by atoms with E-state index in [0.717, 1.165) is 4.31 Å². The average molecular weight is 476 g/mol. The first-order valence-corrected chi connectivity index (χ1v) is 11.9. The molecule has 2 heterocycles. The van der Waals surface area contributed by atoms with Crippen molar-refractivity contribution >= 4 is 56.9 Å². The molecule has 2 atom stereocenters. The van der Waals surface area contributed by atoms with E-state index in [4.69, 9.17) is 16.3 Å². The lowest BCUT2D eigenvalue weighted by Gasteiger charge is -2.29. The molecule has 9 nitrogen and oxygen atoms in total. The third-order valence-electron chi connectivity index (χ3n) is 5.04. The monoisotopic (exact) mass is 475 g/mol. The zero-order chi connectivity index (χ0) is 22.3. The van der Waals surface area contributed by atoms with E-state index < -0.39 is 39.4 Å². The first-order valence-electron chi connectivity index (χ1n) is 9.10. The largest absolute Gasteiger partial charge is 0.454 e. The Morgan fingerprint density at radius 1 is 1.40 bits per heavy atom. The van der Waals surface area contributed by atoms with Gasteiger partial charge < -0.3 is 15.0 Å². The van der Waals surface area contributed by atoms with Crippen LogP contribution < -0.4 is 5.32 Å². The Morgan fingerprint density at radius 2 is 2.10 bits per heavy atom. The van der Waals surface area contributed by atoms with E-state index in [1.807, 2.05) is 6.92 Å². The molecule has 1 aromatic rings. The number of nitrogens with zero attached hydrogens (tertiary/aromatic N) is 2. The van der Waals surface area contributed by atoms with Crippen molar-refractivity contribution in [3.63, 3.8) is 0 Å². The number of benzene rings is 1. The van der Waals surface area contributed by atoms with Crippen LogP contribution in [-0.4, -0.2) is 72.8 Å². The second kappa shape index (κ2) is 8.37. The number of fused-ring (bicyclic) bond motifs is 1. The Kier molecular flexibility index (Phi) is 6.38. The minimum absolute atomic E-state index is 0.0187. The quantitative estimate of drug-likeness (QED) is 0.620. The molecule has 0 radical (unpaired) electrons. The molecule has 2 aliphatic rings. The van der Waals surface area contributed by atoms with E-state index in [1.165, 1.54) is 44.1 Å². The van der Waals surface area contributed by atoms with Crippen molar-refractivity contribution in [2.75, 3.05) is 31.8 Å². The van der Waals surface area contributed by atoms with E-state index in [-0.39, 0.29) is 21.5 Å². The van der Waals surface area contributed by atoms with E-state index in [9.17, 15) is 22.8 Å². The molecule has 2 saturated heterocycles. The molecular weight excluding hydrogens is 454 g/mol. The number of sulfonamides is 1. The smallest absolute Gasteiger partial charge is 0.330 e. The summed E-state index contributed by atoms with van der Waals surface area (Å²) in [6.45, 7) is 1.36. The fourth-order valence-electron chi connectivity index (χ4n) is 3.40. The van der Waals surface area contributed by atoms with Gasteiger partial charge in [0.2, 0.25) is 15.9 Å². The summed E-state index contributed by atoms with van der Waals surface area (Å²) < 4.78 is 30.8. The number of carbonyl (C=O) groups excluding carboxylic acids is 3. The van der Waals surface area contributed by atoms with Crippen molar-refractivity contribution < 1.29 is 27.5 Å². The number of hydrogen-bond donors (Lipinski definition) is 1. The van der Waals surface area contributed by atoms with Crippen molar-refractivity contribution in [1.82, 2.24) is 9.21 Å². The Morgan fingerprint density at radius 3 is 2.77 bits per heavy atom. The van der Waals surface area contributed by atoms with Gasteiger partial charge in [0, 0.05) is 32.0 Å². The molecule has 0 saturated carbocycles. The minimum atomic E-state index is -3.80. The summed E-state index contributed by atoms with van der Waals surface area (Å²) in [7, 11) is -1.06. The second-order valence-corrected chi connectivity index (χ2v) is 11.4. The van der Waals surface area contributed by atoms with Crippen molar-refractivity contribution in [3.05, 3.63) is 23.2 Å². The number of ether oxygens (including phenoxy) is 1. The summed E-state index contributed by atoms with van der Waals surface area (Å²) in [5.74, 6) is -0.945. The van der Waals surface area contributed by atoms with Gasteiger partial charge in [-0.15, -0.1) is 11.8 Å². The average Bonchev–Trinajstić information content (AvgIpc) is 3.17. The van der Waals surface area contributed by atoms with Crippen LogP contribution in [0.15, 0.2) is 23.1 Å². The molecule has 1 aromatic carbocycles. The summed E-state index contributed by atoms with van der Waals surface area (Å²) in [4.78, 5) is 37.7. The number of carbonyl (C=O) groups is 3. The number of esters is 1. The maximum atomic E-state index is 12.4. The van der Waals surface area contributed by atoms with Crippen LogP contribution in [-0.2, 0) is 29.1 Å². The van der Waals surface area contributed by atoms with Gasteiger partial charge >= 0.3 is 5.97 Å². The summed E-state index contributed by atoms with van der Waals surface area (Å²) >= 11 is 7.51. The van der Waals surface area contributed by atoms with Crippen LogP contribution in [0.2, 0.25) is 5.02 Å². The minimum Gasteiger partial charge on any atom is -0.454 e. The lowest BCUT2D eigenvalue weighted by Crippen LogP contribution is -2.47. The van der Waals surface area contributed by atoms with Crippen molar-refractivity contribution in [1.29, 1.82) is 0 Å². The normalized spacial score (nSPS) is 23.6. The predicted molar refractivity (Wildman–Crippen MR) is 113 cm³/mol. The lowest BCUT2D eigenvalue weighted by atomic mass is 10.2. The highest BCUT2D eigenvalue weighted by Gasteiger charge is 2.53. The standard InChI is InChI=1S/C18H22ClN3O6S2/c1-18-7-6-16(24)22(18)13(10-29-18)17(25)28-9-15(23)20-11-4-5-12(19)14(8-11)30(26,27)21(2)3/h4-5,8,13H,6-7,9-10H2,1-3H3,(H,20,23)/t13-,18-/m0/s1. The topological polar surface area (TPSA) is 113 Å². The highest BCUT2D eigenvalue weighted by atomic mass is 35.5. The fraction of sp³-hybridized carbons (Fsp3) is 0.500. The summed E-state index contributed by atoms with van der Waals surface area (Å²) in [6.07, 6.45) is 1.07. The molecule has 2 amide bonds. The second-order valence-electron chi connectivity index (χ2n) is 7.35. The highest BCUT2D eigenvalue weighted by molar-refractivity contribution is 8.01. The van der Waals surface area contributed by atoms with Gasteiger partial charge in [-0.2, -0.15) is 0 Å². The van der Waals surface area contributed by atoms with E-state index in [1.54, 1.807) is 4.90 Å². The SMILES string of the molecule is CN(C)S(=O)(=O)c1cc(NC(=O)COC(=O)[C@@H]2CS[C@@]3(C)CCC(=O)N23)ccc1Cl. The number of rotatable bonds is 6. The van der Waals surface area contributed by atoms with Crippen LogP contribution in [0.5, 0.6) is 0 Å². The number of hydrogen-bond acceptors (Lipinski definition) is 7. The summed E-state index contributed by atoms with van der Waals surface area (Å²) in [6, 6.07) is 3.32. The molecule has 30 heavy (non-hydrogen) atoms. The van der Waals surface area contributed by atoms with Gasteiger partial charge in [-0.05, 0) is 31.5 Å². The van der Waals surface area contributed by atoms with Gasteiger partial charge in [0.25, 0.3) is 5.91 Å². The molecule has 0 aliphatic carbocycles. The van der Waals surface area contributed by atoms with Gasteiger partial charge in [0.1, 0.15) is 10.9 Å². The predicted octanol–water partition coefficient (Wildman–Crippen LogP) is 1.53. The number of nitrogens with one attached hydrogen (secondary N) is 1. The zero-order valence-electron chi connectivity index (χ0n) is 16.7. The number of thioether (sulfide) groups is 1. The Bertz CT molecular complexity index is 1000. The van der Waals surface area contributed by atoms with Crippen molar-refractivity contribution in [3.8, 4) is 0 Å². The Hall–Kier alpha value is -1.82. The molecule has 1 N–H and O–H groups in total. The van der Waals surface area contributed by atoms with E-state index >= 15 is 0 Å². The molecule has 0 unspecified atom stereocenters. The molecule has 3 rings (SSSR count). The van der Waals surface area contributed by atoms with Gasteiger partial charge in [-0.3, -0.25) is 9.59 Å². The maximum Gasteiger partial charge on any atom is 0.330 e. The fourth-order valence-corrected chi connectivity index (χ4v) is 6.21. The van der Waals surface area contributed by atoms with Gasteiger partial charge in [0.15, 0.2) is 6.61 Å². The first-order chi connectivity index (χ1) is 14.0. The van der Waals surface area contributed by atoms with Crippen molar-refractivity contribution in [2.45, 2.75) is 35.6 Å². The van der Waals surface area contributed by atoms with Gasteiger partial charge in [0.05, 0.1) is 9.89 Å². The third-order valence-corrected chi connectivity index (χ3v) is 8.84. The molecule has 164 valence electrons. The van der Waals surface area contributed by atoms with Crippen LogP contribution in [0, 0.1) is 0 Å². The maximum absolute atomic E-state index is 12.4. The Balaban J connectivity index is 1.62. The number of halogens is 1. The molecule has 12 heteroatoms. The zero-order valence-corrected chi connectivity index (χ0v) is 19.1. The lowest BCUT2D eigenvalue weighted by molar-refractivity contribution is -0.155. The van der Waals surface area contributed by atoms with Crippen LogP contribution in [0.1, 0.15) is 19.8 Å². The number of amides is 2. The first kappa shape index (κ1) is 22.9. The van der Waals surface area contributed by atoms with Crippen LogP contribution in [0.4, 0.5) is 5.69 Å². The number of anilines is 1. The van der Waals surface area contributed by atoms with Crippen LogP contribution in [0.25, 0.3) is 0 Å². The summed E-state index contributed by atoms with van der Waals surface area (Å²) in [5.41, 5.74) is 0.194. The molecule has 2 aliphatic heterocycles. The van der Waals surface area contributed by atoms with Gasteiger partial charge in [-0.25, -0.2) is 17.5 Å². The van der Waals surface area contributed by atoms with Crippen LogP contribution in [0.3, 0.4) is 0 Å². The summed E-state index contributed by atoms with van der Waals surface area (Å²) in [5, 5.41) is 2.50. The molecule has 2 fully saturated rings. The van der Waals surface area contributed by atoms with Gasteiger partial charge in [-0.1, -0.05) is 11.6 Å². The molecule has 0 bridgehead atoms. The third kappa shape index (κ3) is 4.29. The molecular formula is C18H22ClN3O6S2. The molecule has 0 aromatic heterocycles. The van der Waals surface area contributed by atoms with E-state index in [0.29, 0.717) is 18.6 Å². The van der Waals surface area contributed by atoms with Crippen molar-refractivity contribution in [2.24, 2.45) is 0 Å². The Labute approximate surface area is 184 Å². The molecule has 0 spiro atoms. The van der Waals surface area contributed by atoms with E-state index in [2.05, 4.69) is 5.32 Å². The van der Waals surface area contributed by atoms with Crippen LogP contribution >= 0.6 is 23.4 Å².